The van der Waals surface area contributed by atoms with Crippen molar-refractivity contribution in [2.24, 2.45) is 7.05 Å². The number of halogens is 1. The molecule has 0 unspecified atom stereocenters. The van der Waals surface area contributed by atoms with E-state index in [0.29, 0.717) is 17.3 Å². The van der Waals surface area contributed by atoms with Gasteiger partial charge in [0.25, 0.3) is 0 Å². The highest BCUT2D eigenvalue weighted by molar-refractivity contribution is 5.91. The van der Waals surface area contributed by atoms with Gasteiger partial charge in [-0.05, 0) is 56.3 Å². The maximum absolute atomic E-state index is 13.4. The lowest BCUT2D eigenvalue weighted by Crippen LogP contribution is -1.98. The first-order valence-electron chi connectivity index (χ1n) is 10.4. The molecule has 33 heavy (non-hydrogen) atoms. The van der Waals surface area contributed by atoms with Gasteiger partial charge in [-0.3, -0.25) is 0 Å². The van der Waals surface area contributed by atoms with Crippen LogP contribution in [-0.4, -0.2) is 26.6 Å². The van der Waals surface area contributed by atoms with Gasteiger partial charge in [0, 0.05) is 30.1 Å². The van der Waals surface area contributed by atoms with E-state index in [2.05, 4.69) is 15.3 Å². The summed E-state index contributed by atoms with van der Waals surface area (Å²) in [5.74, 6) is 2.39. The molecule has 0 aliphatic rings. The Labute approximate surface area is 189 Å². The van der Waals surface area contributed by atoms with E-state index in [1.165, 1.54) is 18.5 Å². The standard InChI is InChI=1S/C25H22FN5O2/c1-14-11-20-22(30-25(31(20)3)16-5-7-17(26)8-6-16)24(28-14)29-18-9-10-19(21(12-18)32-4)23-15(2)27-13-33-23/h5-13H,1-4H3,(H,28,29). The molecule has 166 valence electrons. The number of benzene rings is 2. The van der Waals surface area contributed by atoms with E-state index < -0.39 is 0 Å². The molecule has 1 N–H and O–H groups in total. The molecule has 2 aromatic carbocycles. The van der Waals surface area contributed by atoms with Gasteiger partial charge in [-0.25, -0.2) is 19.3 Å². The first-order valence-corrected chi connectivity index (χ1v) is 10.4. The highest BCUT2D eigenvalue weighted by Crippen LogP contribution is 2.36. The summed E-state index contributed by atoms with van der Waals surface area (Å²) in [7, 11) is 3.56. The molecule has 0 aliphatic carbocycles. The molecule has 7 nitrogen and oxygen atoms in total. The number of pyridine rings is 1. The number of hydrogen-bond acceptors (Lipinski definition) is 6. The molecule has 8 heteroatoms. The summed E-state index contributed by atoms with van der Waals surface area (Å²) < 4.78 is 26.5. The average Bonchev–Trinajstić information content (AvgIpc) is 3.38. The molecule has 0 bridgehead atoms. The van der Waals surface area contributed by atoms with Crippen LogP contribution in [0.5, 0.6) is 5.75 Å². The normalized spacial score (nSPS) is 11.2. The molecule has 3 aromatic heterocycles. The van der Waals surface area contributed by atoms with Crippen molar-refractivity contribution in [2.75, 3.05) is 12.4 Å². The van der Waals surface area contributed by atoms with Crippen LogP contribution in [0, 0.1) is 19.7 Å². The van der Waals surface area contributed by atoms with E-state index in [9.17, 15) is 4.39 Å². The summed E-state index contributed by atoms with van der Waals surface area (Å²) in [6, 6.07) is 14.0. The SMILES string of the molecule is COc1cc(Nc2nc(C)cc3c2nc(-c2ccc(F)cc2)n3C)ccc1-c1ocnc1C. The zero-order valence-corrected chi connectivity index (χ0v) is 18.7. The summed E-state index contributed by atoms with van der Waals surface area (Å²) in [6.07, 6.45) is 1.42. The Hall–Kier alpha value is -4.20. The predicted octanol–water partition coefficient (Wildman–Crippen LogP) is 5.80. The van der Waals surface area contributed by atoms with Crippen LogP contribution in [0.25, 0.3) is 33.7 Å². The molecule has 0 aliphatic heterocycles. The molecular weight excluding hydrogens is 421 g/mol. The molecule has 0 spiro atoms. The second-order valence-electron chi connectivity index (χ2n) is 7.79. The Balaban J connectivity index is 1.57. The third-order valence-corrected chi connectivity index (χ3v) is 5.55. The minimum atomic E-state index is -0.282. The Morgan fingerprint density at radius 3 is 2.52 bits per heavy atom. The van der Waals surface area contributed by atoms with Crippen LogP contribution in [0.4, 0.5) is 15.9 Å². The van der Waals surface area contributed by atoms with Gasteiger partial charge in [-0.2, -0.15) is 0 Å². The largest absolute Gasteiger partial charge is 0.496 e. The number of methoxy groups -OCH3 is 1. The van der Waals surface area contributed by atoms with E-state index in [1.807, 2.05) is 49.7 Å². The highest BCUT2D eigenvalue weighted by Gasteiger charge is 2.17. The topological polar surface area (TPSA) is 78.0 Å². The molecule has 0 saturated heterocycles. The number of anilines is 2. The smallest absolute Gasteiger partial charge is 0.181 e. The zero-order chi connectivity index (χ0) is 23.1. The van der Waals surface area contributed by atoms with Crippen molar-refractivity contribution in [3.63, 3.8) is 0 Å². The fourth-order valence-corrected chi connectivity index (χ4v) is 3.91. The van der Waals surface area contributed by atoms with E-state index in [0.717, 1.165) is 45.1 Å². The van der Waals surface area contributed by atoms with Crippen molar-refractivity contribution in [2.45, 2.75) is 13.8 Å². The quantitative estimate of drug-likeness (QED) is 0.370. The lowest BCUT2D eigenvalue weighted by atomic mass is 10.1. The van der Waals surface area contributed by atoms with E-state index in [1.54, 1.807) is 19.2 Å². The summed E-state index contributed by atoms with van der Waals surface area (Å²) >= 11 is 0. The number of aryl methyl sites for hydroxylation is 3. The third kappa shape index (κ3) is 3.69. The first-order chi connectivity index (χ1) is 15.9. The van der Waals surface area contributed by atoms with Gasteiger partial charge in [-0.15, -0.1) is 0 Å². The number of rotatable bonds is 5. The van der Waals surface area contributed by atoms with Crippen LogP contribution in [-0.2, 0) is 7.05 Å². The van der Waals surface area contributed by atoms with Gasteiger partial charge in [0.2, 0.25) is 0 Å². The van der Waals surface area contributed by atoms with Gasteiger partial charge in [-0.1, -0.05) is 0 Å². The fourth-order valence-electron chi connectivity index (χ4n) is 3.91. The zero-order valence-electron chi connectivity index (χ0n) is 18.7. The second kappa shape index (κ2) is 8.05. The summed E-state index contributed by atoms with van der Waals surface area (Å²) in [5.41, 5.74) is 5.71. The molecule has 5 aromatic rings. The third-order valence-electron chi connectivity index (χ3n) is 5.55. The lowest BCUT2D eigenvalue weighted by molar-refractivity contribution is 0.415. The summed E-state index contributed by atoms with van der Waals surface area (Å²) in [6.45, 7) is 3.82. The maximum Gasteiger partial charge on any atom is 0.181 e. The molecular formula is C25H22FN5O2. The van der Waals surface area contributed by atoms with E-state index in [-0.39, 0.29) is 5.82 Å². The minimum absolute atomic E-state index is 0.282. The van der Waals surface area contributed by atoms with Crippen LogP contribution >= 0.6 is 0 Å². The molecule has 0 radical (unpaired) electrons. The lowest BCUT2D eigenvalue weighted by Gasteiger charge is -2.12. The average molecular weight is 443 g/mol. The molecule has 0 atom stereocenters. The Kier molecular flexibility index (Phi) is 5.05. The number of oxazole rings is 1. The summed E-state index contributed by atoms with van der Waals surface area (Å²) in [5, 5.41) is 3.38. The van der Waals surface area contributed by atoms with Crippen LogP contribution in [0.1, 0.15) is 11.4 Å². The van der Waals surface area contributed by atoms with E-state index in [4.69, 9.17) is 14.1 Å². The maximum atomic E-state index is 13.4. The number of ether oxygens (including phenoxy) is 1. The number of fused-ring (bicyclic) bond motifs is 1. The van der Waals surface area contributed by atoms with Crippen molar-refractivity contribution in [3.05, 3.63) is 72.1 Å². The molecule has 3 heterocycles. The number of imidazole rings is 1. The van der Waals surface area contributed by atoms with E-state index >= 15 is 0 Å². The van der Waals surface area contributed by atoms with Gasteiger partial charge < -0.3 is 19.0 Å². The van der Waals surface area contributed by atoms with Gasteiger partial charge >= 0.3 is 0 Å². The van der Waals surface area contributed by atoms with Crippen molar-refractivity contribution >= 4 is 22.5 Å². The van der Waals surface area contributed by atoms with Crippen molar-refractivity contribution in [1.29, 1.82) is 0 Å². The summed E-state index contributed by atoms with van der Waals surface area (Å²) in [4.78, 5) is 13.7. The monoisotopic (exact) mass is 443 g/mol. The van der Waals surface area contributed by atoms with Crippen molar-refractivity contribution in [3.8, 4) is 28.5 Å². The van der Waals surface area contributed by atoms with Crippen LogP contribution in [0.2, 0.25) is 0 Å². The molecule has 0 fully saturated rings. The first kappa shape index (κ1) is 20.7. The highest BCUT2D eigenvalue weighted by atomic mass is 19.1. The molecule has 5 rings (SSSR count). The Morgan fingerprint density at radius 2 is 1.82 bits per heavy atom. The predicted molar refractivity (Wildman–Crippen MR) is 125 cm³/mol. The van der Waals surface area contributed by atoms with Crippen LogP contribution in [0.3, 0.4) is 0 Å². The fraction of sp³-hybridized carbons (Fsp3) is 0.160. The molecule has 0 amide bonds. The Bertz CT molecular complexity index is 1470. The molecule has 0 saturated carbocycles. The van der Waals surface area contributed by atoms with Gasteiger partial charge in [0.05, 0.1) is 23.9 Å². The van der Waals surface area contributed by atoms with Gasteiger partial charge in [0.15, 0.2) is 18.0 Å². The van der Waals surface area contributed by atoms with Crippen LogP contribution < -0.4 is 10.1 Å². The van der Waals surface area contributed by atoms with Crippen molar-refractivity contribution < 1.29 is 13.5 Å². The number of nitrogens with zero attached hydrogens (tertiary/aromatic N) is 4. The number of aromatic nitrogens is 4. The number of nitrogens with one attached hydrogen (secondary N) is 1. The van der Waals surface area contributed by atoms with Gasteiger partial charge in [0.1, 0.15) is 22.9 Å². The minimum Gasteiger partial charge on any atom is -0.496 e. The Morgan fingerprint density at radius 1 is 1.03 bits per heavy atom. The van der Waals surface area contributed by atoms with Crippen LogP contribution in [0.15, 0.2) is 59.3 Å². The van der Waals surface area contributed by atoms with Crippen molar-refractivity contribution in [1.82, 2.24) is 19.5 Å². The second-order valence-corrected chi connectivity index (χ2v) is 7.79. The number of hydrogen-bond donors (Lipinski definition) is 1.